The first-order chi connectivity index (χ1) is 16.0. The van der Waals surface area contributed by atoms with E-state index in [1.165, 1.54) is 41.4 Å². The van der Waals surface area contributed by atoms with Gasteiger partial charge in [-0.05, 0) is 18.2 Å². The summed E-state index contributed by atoms with van der Waals surface area (Å²) >= 11 is 0.853. The molecule has 1 saturated heterocycles. The van der Waals surface area contributed by atoms with Crippen molar-refractivity contribution in [2.24, 2.45) is 7.05 Å². The minimum atomic E-state index is -4.57. The number of halogens is 3. The fourth-order valence-corrected chi connectivity index (χ4v) is 6.21. The number of nitrogens with one attached hydrogen (secondary N) is 1. The summed E-state index contributed by atoms with van der Waals surface area (Å²) in [6.07, 6.45) is -2.08. The molecule has 3 aromatic heterocycles. The summed E-state index contributed by atoms with van der Waals surface area (Å²) in [6.45, 7) is 0.857. The highest BCUT2D eigenvalue weighted by Crippen LogP contribution is 2.36. The molecule has 0 radical (unpaired) electrons. The zero-order valence-corrected chi connectivity index (χ0v) is 19.2. The van der Waals surface area contributed by atoms with Gasteiger partial charge in [-0.25, -0.2) is 23.9 Å². The van der Waals surface area contributed by atoms with E-state index in [1.54, 1.807) is 4.90 Å². The third kappa shape index (κ3) is 4.61. The first-order valence-electron chi connectivity index (χ1n) is 9.73. The van der Waals surface area contributed by atoms with Crippen LogP contribution < -0.4 is 10.4 Å². The largest absolute Gasteiger partial charge is 0.433 e. The van der Waals surface area contributed by atoms with Gasteiger partial charge in [-0.3, -0.25) is 14.7 Å². The van der Waals surface area contributed by atoms with Gasteiger partial charge in [0.05, 0.1) is 10.4 Å². The third-order valence-corrected chi connectivity index (χ3v) is 8.60. The van der Waals surface area contributed by atoms with Crippen LogP contribution in [0.4, 0.5) is 19.1 Å². The first-order valence-corrected chi connectivity index (χ1v) is 12.0. The smallest absolute Gasteiger partial charge is 0.338 e. The minimum absolute atomic E-state index is 0.00535. The summed E-state index contributed by atoms with van der Waals surface area (Å²) in [7, 11) is -2.68. The lowest BCUT2D eigenvalue weighted by atomic mass is 10.3. The SMILES string of the molecule is Cn1nc(-c2ccc(S(=O)(=O)N3CCN(c4ncc(C(=O)NO)cn4)CC3)s2)cc1C(F)(F)F. The quantitative estimate of drug-likeness (QED) is 0.385. The van der Waals surface area contributed by atoms with Gasteiger partial charge < -0.3 is 4.90 Å². The van der Waals surface area contributed by atoms with Crippen molar-refractivity contribution >= 4 is 33.2 Å². The van der Waals surface area contributed by atoms with Crippen LogP contribution >= 0.6 is 11.3 Å². The van der Waals surface area contributed by atoms with E-state index in [1.807, 2.05) is 0 Å². The van der Waals surface area contributed by atoms with E-state index >= 15 is 0 Å². The Bertz CT molecular complexity index is 1300. The molecule has 0 atom stereocenters. The number of alkyl halides is 3. The Labute approximate surface area is 195 Å². The normalized spacial score (nSPS) is 15.5. The van der Waals surface area contributed by atoms with Crippen molar-refractivity contribution in [2.45, 2.75) is 10.4 Å². The summed E-state index contributed by atoms with van der Waals surface area (Å²) in [5.74, 6) is -0.446. The lowest BCUT2D eigenvalue weighted by Gasteiger charge is -2.33. The van der Waals surface area contributed by atoms with Gasteiger partial charge in [0, 0.05) is 45.6 Å². The fourth-order valence-electron chi connectivity index (χ4n) is 3.37. The maximum atomic E-state index is 13.1. The Morgan fingerprint density at radius 1 is 1.15 bits per heavy atom. The zero-order chi connectivity index (χ0) is 24.7. The molecule has 3 aromatic rings. The Hall–Kier alpha value is -3.08. The maximum absolute atomic E-state index is 13.1. The van der Waals surface area contributed by atoms with Gasteiger partial charge in [-0.2, -0.15) is 22.6 Å². The predicted octanol–water partition coefficient (Wildman–Crippen LogP) is 1.59. The lowest BCUT2D eigenvalue weighted by molar-refractivity contribution is -0.143. The van der Waals surface area contributed by atoms with Crippen LogP contribution in [0.2, 0.25) is 0 Å². The molecule has 0 saturated carbocycles. The van der Waals surface area contributed by atoms with Crippen LogP contribution in [0, 0.1) is 0 Å². The number of piperazine rings is 1. The summed E-state index contributed by atoms with van der Waals surface area (Å²) < 4.78 is 67.3. The number of hydrogen-bond acceptors (Lipinski definition) is 9. The van der Waals surface area contributed by atoms with Crippen molar-refractivity contribution in [2.75, 3.05) is 31.1 Å². The van der Waals surface area contributed by atoms with Gasteiger partial charge in [0.1, 0.15) is 15.6 Å². The molecule has 16 heteroatoms. The number of thiophene rings is 1. The Morgan fingerprint density at radius 2 is 1.79 bits per heavy atom. The van der Waals surface area contributed by atoms with Crippen LogP contribution in [0.5, 0.6) is 0 Å². The molecule has 1 amide bonds. The van der Waals surface area contributed by atoms with Crippen molar-refractivity contribution in [1.29, 1.82) is 0 Å². The number of carbonyl (C=O) groups is 1. The monoisotopic (exact) mass is 517 g/mol. The van der Waals surface area contributed by atoms with E-state index < -0.39 is 27.8 Å². The van der Waals surface area contributed by atoms with Crippen LogP contribution in [0.15, 0.2) is 34.8 Å². The third-order valence-electron chi connectivity index (χ3n) is 5.12. The van der Waals surface area contributed by atoms with Crippen LogP contribution in [-0.4, -0.2) is 69.8 Å². The second-order valence-electron chi connectivity index (χ2n) is 7.26. The number of rotatable bonds is 5. The molecular weight excluding hydrogens is 499 g/mol. The molecule has 4 heterocycles. The minimum Gasteiger partial charge on any atom is -0.338 e. The molecule has 0 bridgehead atoms. The Morgan fingerprint density at radius 3 is 2.35 bits per heavy atom. The van der Waals surface area contributed by atoms with Crippen molar-refractivity contribution in [3.05, 3.63) is 41.9 Å². The van der Waals surface area contributed by atoms with Gasteiger partial charge in [-0.15, -0.1) is 11.3 Å². The van der Waals surface area contributed by atoms with E-state index in [0.29, 0.717) is 15.5 Å². The number of sulfonamides is 1. The standard InChI is InChI=1S/C18H18F3N7O4S2/c1-26-14(18(19,20)21)8-12(24-26)13-2-3-15(33-13)34(31,32)28-6-4-27(5-7-28)17-22-9-11(10-23-17)16(29)25-30/h2-3,8-10,30H,4-7H2,1H3,(H,25,29). The Kier molecular flexibility index (Phi) is 6.32. The van der Waals surface area contributed by atoms with Crippen LogP contribution in [0.3, 0.4) is 0 Å². The molecule has 0 unspecified atom stereocenters. The topological polar surface area (TPSA) is 134 Å². The van der Waals surface area contributed by atoms with Crippen LogP contribution in [0.25, 0.3) is 10.6 Å². The molecule has 182 valence electrons. The van der Waals surface area contributed by atoms with E-state index in [-0.39, 0.29) is 41.6 Å². The van der Waals surface area contributed by atoms with E-state index in [2.05, 4.69) is 15.1 Å². The molecule has 1 aliphatic heterocycles. The molecule has 0 aliphatic carbocycles. The maximum Gasteiger partial charge on any atom is 0.433 e. The van der Waals surface area contributed by atoms with E-state index in [4.69, 9.17) is 5.21 Å². The zero-order valence-electron chi connectivity index (χ0n) is 17.5. The number of aromatic nitrogens is 4. The van der Waals surface area contributed by atoms with Gasteiger partial charge in [0.15, 0.2) is 0 Å². The highest BCUT2D eigenvalue weighted by Gasteiger charge is 2.36. The Balaban J connectivity index is 1.45. The van der Waals surface area contributed by atoms with Gasteiger partial charge in [0.25, 0.3) is 15.9 Å². The van der Waals surface area contributed by atoms with E-state index in [9.17, 15) is 26.4 Å². The molecule has 1 aliphatic rings. The lowest BCUT2D eigenvalue weighted by Crippen LogP contribution is -2.49. The number of aryl methyl sites for hydroxylation is 1. The number of hydrogen-bond donors (Lipinski definition) is 2. The molecular formula is C18H18F3N7O4S2. The number of nitrogens with zero attached hydrogens (tertiary/aromatic N) is 6. The summed E-state index contributed by atoms with van der Waals surface area (Å²) in [5.41, 5.74) is 0.663. The molecule has 34 heavy (non-hydrogen) atoms. The van der Waals surface area contributed by atoms with Crippen LogP contribution in [-0.2, 0) is 23.2 Å². The molecule has 1 fully saturated rings. The molecule has 0 spiro atoms. The fraction of sp³-hybridized carbons (Fsp3) is 0.333. The summed E-state index contributed by atoms with van der Waals surface area (Å²) in [6, 6.07) is 3.68. The number of amides is 1. The van der Waals surface area contributed by atoms with Crippen molar-refractivity contribution in [3.8, 4) is 10.6 Å². The van der Waals surface area contributed by atoms with Gasteiger partial charge in [0.2, 0.25) is 5.95 Å². The molecule has 2 N–H and O–H groups in total. The van der Waals surface area contributed by atoms with E-state index in [0.717, 1.165) is 17.4 Å². The summed E-state index contributed by atoms with van der Waals surface area (Å²) in [5, 5.41) is 12.5. The number of anilines is 1. The number of hydroxylamine groups is 1. The highest BCUT2D eigenvalue weighted by molar-refractivity contribution is 7.91. The first kappa shape index (κ1) is 24.1. The van der Waals surface area contributed by atoms with Crippen molar-refractivity contribution in [1.82, 2.24) is 29.5 Å². The van der Waals surface area contributed by atoms with Crippen molar-refractivity contribution < 1.29 is 31.6 Å². The molecule has 4 rings (SSSR count). The molecule has 11 nitrogen and oxygen atoms in total. The van der Waals surface area contributed by atoms with Crippen molar-refractivity contribution in [3.63, 3.8) is 0 Å². The highest BCUT2D eigenvalue weighted by atomic mass is 32.2. The average molecular weight is 518 g/mol. The molecule has 0 aromatic carbocycles. The average Bonchev–Trinajstić information content (AvgIpc) is 3.46. The van der Waals surface area contributed by atoms with Gasteiger partial charge >= 0.3 is 6.18 Å². The second-order valence-corrected chi connectivity index (χ2v) is 10.5. The van der Waals surface area contributed by atoms with Crippen LogP contribution in [0.1, 0.15) is 16.1 Å². The number of carbonyl (C=O) groups excluding carboxylic acids is 1. The van der Waals surface area contributed by atoms with Gasteiger partial charge in [-0.1, -0.05) is 0 Å². The predicted molar refractivity (Wildman–Crippen MR) is 114 cm³/mol. The second kappa shape index (κ2) is 8.94. The summed E-state index contributed by atoms with van der Waals surface area (Å²) in [4.78, 5) is 21.6.